The fourth-order valence-electron chi connectivity index (χ4n) is 2.53. The van der Waals surface area contributed by atoms with E-state index in [0.717, 1.165) is 0 Å². The molecule has 7 heteroatoms. The number of benzene rings is 2. The molecule has 0 saturated carbocycles. The van der Waals surface area contributed by atoms with Crippen LogP contribution >= 0.6 is 0 Å². The second-order valence-corrected chi connectivity index (χ2v) is 5.18. The molecule has 0 aliphatic heterocycles. The maximum atomic E-state index is 12.9. The van der Waals surface area contributed by atoms with Gasteiger partial charge in [0.15, 0.2) is 0 Å². The monoisotopic (exact) mass is 340 g/mol. The van der Waals surface area contributed by atoms with Gasteiger partial charge < -0.3 is 14.2 Å². The van der Waals surface area contributed by atoms with Crippen molar-refractivity contribution < 1.29 is 19.0 Å². The summed E-state index contributed by atoms with van der Waals surface area (Å²) in [7, 11) is 4.29. The van der Waals surface area contributed by atoms with Crippen LogP contribution in [0.3, 0.4) is 0 Å². The van der Waals surface area contributed by atoms with E-state index in [-0.39, 0.29) is 11.1 Å². The van der Waals surface area contributed by atoms with E-state index in [4.69, 9.17) is 14.2 Å². The quantitative estimate of drug-likeness (QED) is 0.677. The maximum Gasteiger partial charge on any atom is 0.340 e. The molecule has 128 valence electrons. The largest absolute Gasteiger partial charge is 0.497 e. The van der Waals surface area contributed by atoms with Crippen LogP contribution in [0.1, 0.15) is 10.4 Å². The summed E-state index contributed by atoms with van der Waals surface area (Å²) in [5.41, 5.74) is 0.775. The number of esters is 1. The molecule has 25 heavy (non-hydrogen) atoms. The molecule has 0 aliphatic rings. The van der Waals surface area contributed by atoms with Crippen molar-refractivity contribution in [2.75, 3.05) is 21.3 Å². The van der Waals surface area contributed by atoms with Crippen LogP contribution in [0, 0.1) is 0 Å². The van der Waals surface area contributed by atoms with Crippen molar-refractivity contribution in [1.29, 1.82) is 0 Å². The van der Waals surface area contributed by atoms with Gasteiger partial charge >= 0.3 is 5.97 Å². The third-order valence-corrected chi connectivity index (χ3v) is 3.83. The summed E-state index contributed by atoms with van der Waals surface area (Å²) in [6.07, 6.45) is 1.38. The summed E-state index contributed by atoms with van der Waals surface area (Å²) >= 11 is 0. The lowest BCUT2D eigenvalue weighted by Gasteiger charge is -2.12. The fraction of sp³-hybridized carbons (Fsp3) is 0.167. The van der Waals surface area contributed by atoms with Crippen molar-refractivity contribution in [2.24, 2.45) is 0 Å². The number of carbonyl (C=O) groups excluding carboxylic acids is 1. The Hall–Kier alpha value is -3.35. The standard InChI is InChI=1S/C18H16N2O5/c1-23-11-4-6-15-13(8-11)17(21)20(10-19-15)16-7-5-12(24-2)9-14(16)18(22)25-3/h4-10H,1-3H3. The highest BCUT2D eigenvalue weighted by Gasteiger charge is 2.17. The van der Waals surface area contributed by atoms with Crippen LogP contribution < -0.4 is 15.0 Å². The van der Waals surface area contributed by atoms with Gasteiger partial charge in [0, 0.05) is 0 Å². The Morgan fingerprint density at radius 2 is 1.68 bits per heavy atom. The minimum atomic E-state index is -0.577. The van der Waals surface area contributed by atoms with Gasteiger partial charge in [-0.2, -0.15) is 0 Å². The van der Waals surface area contributed by atoms with Gasteiger partial charge in [-0.25, -0.2) is 9.78 Å². The van der Waals surface area contributed by atoms with Crippen LogP contribution in [0.2, 0.25) is 0 Å². The predicted molar refractivity (Wildman–Crippen MR) is 91.8 cm³/mol. The van der Waals surface area contributed by atoms with Crippen molar-refractivity contribution in [3.63, 3.8) is 0 Å². The van der Waals surface area contributed by atoms with Crippen LogP contribution in [-0.2, 0) is 4.74 Å². The second-order valence-electron chi connectivity index (χ2n) is 5.18. The number of methoxy groups -OCH3 is 3. The molecule has 1 aromatic heterocycles. The maximum absolute atomic E-state index is 12.9. The molecular weight excluding hydrogens is 324 g/mol. The third kappa shape index (κ3) is 2.91. The summed E-state index contributed by atoms with van der Waals surface area (Å²) in [6.45, 7) is 0. The Labute approximate surface area is 143 Å². The molecule has 0 unspecified atom stereocenters. The van der Waals surface area contributed by atoms with E-state index in [2.05, 4.69) is 4.98 Å². The SMILES string of the molecule is COC(=O)c1cc(OC)ccc1-n1cnc2ccc(OC)cc2c1=O. The zero-order valence-corrected chi connectivity index (χ0v) is 14.0. The Balaban J connectivity index is 2.27. The summed E-state index contributed by atoms with van der Waals surface area (Å²) in [5.74, 6) is 0.450. The van der Waals surface area contributed by atoms with E-state index in [0.29, 0.717) is 28.1 Å². The van der Waals surface area contributed by atoms with Crippen molar-refractivity contribution in [3.8, 4) is 17.2 Å². The Kier molecular flexibility index (Phi) is 4.38. The number of ether oxygens (including phenoxy) is 3. The van der Waals surface area contributed by atoms with Gasteiger partial charge in [-0.15, -0.1) is 0 Å². The van der Waals surface area contributed by atoms with E-state index in [1.807, 2.05) is 0 Å². The molecule has 7 nitrogen and oxygen atoms in total. The fourth-order valence-corrected chi connectivity index (χ4v) is 2.53. The summed E-state index contributed by atoms with van der Waals surface area (Å²) in [6, 6.07) is 9.83. The topological polar surface area (TPSA) is 79.7 Å². The number of fused-ring (bicyclic) bond motifs is 1. The second kappa shape index (κ2) is 6.64. The highest BCUT2D eigenvalue weighted by Crippen LogP contribution is 2.22. The van der Waals surface area contributed by atoms with Crippen LogP contribution in [0.4, 0.5) is 0 Å². The molecule has 3 aromatic rings. The molecule has 1 heterocycles. The Morgan fingerprint density at radius 1 is 1.00 bits per heavy atom. The molecule has 3 rings (SSSR count). The molecule has 0 aliphatic carbocycles. The minimum absolute atomic E-state index is 0.202. The molecule has 0 atom stereocenters. The van der Waals surface area contributed by atoms with Crippen LogP contribution in [-0.4, -0.2) is 36.8 Å². The first-order chi connectivity index (χ1) is 12.1. The lowest BCUT2D eigenvalue weighted by Crippen LogP contribution is -2.21. The zero-order valence-electron chi connectivity index (χ0n) is 14.0. The van der Waals surface area contributed by atoms with Gasteiger partial charge in [-0.3, -0.25) is 9.36 Å². The molecule has 0 N–H and O–H groups in total. The zero-order chi connectivity index (χ0) is 18.0. The molecule has 2 aromatic carbocycles. The molecule has 0 radical (unpaired) electrons. The van der Waals surface area contributed by atoms with Crippen LogP contribution in [0.15, 0.2) is 47.5 Å². The lowest BCUT2D eigenvalue weighted by atomic mass is 10.1. The molecule has 0 saturated heterocycles. The van der Waals surface area contributed by atoms with Gasteiger partial charge in [0.25, 0.3) is 5.56 Å². The molecular formula is C18H16N2O5. The van der Waals surface area contributed by atoms with E-state index < -0.39 is 5.97 Å². The van der Waals surface area contributed by atoms with Gasteiger partial charge in [0.05, 0.1) is 43.5 Å². The summed E-state index contributed by atoms with van der Waals surface area (Å²) in [4.78, 5) is 29.3. The predicted octanol–water partition coefficient (Wildman–Crippen LogP) is 2.19. The Morgan fingerprint density at radius 3 is 2.36 bits per heavy atom. The summed E-state index contributed by atoms with van der Waals surface area (Å²) in [5, 5.41) is 0.383. The first-order valence-electron chi connectivity index (χ1n) is 7.41. The van der Waals surface area contributed by atoms with Gasteiger partial charge in [0.1, 0.15) is 17.8 Å². The number of aromatic nitrogens is 2. The number of rotatable bonds is 4. The van der Waals surface area contributed by atoms with Gasteiger partial charge in [-0.1, -0.05) is 0 Å². The van der Waals surface area contributed by atoms with E-state index >= 15 is 0 Å². The molecule has 0 fully saturated rings. The van der Waals surface area contributed by atoms with Gasteiger partial charge in [-0.05, 0) is 36.4 Å². The van der Waals surface area contributed by atoms with Crippen LogP contribution in [0.5, 0.6) is 11.5 Å². The van der Waals surface area contributed by atoms with E-state index in [1.165, 1.54) is 38.3 Å². The average molecular weight is 340 g/mol. The minimum Gasteiger partial charge on any atom is -0.497 e. The number of hydrogen-bond acceptors (Lipinski definition) is 6. The smallest absolute Gasteiger partial charge is 0.340 e. The van der Waals surface area contributed by atoms with Crippen molar-refractivity contribution in [2.45, 2.75) is 0 Å². The molecule has 0 spiro atoms. The summed E-state index contributed by atoms with van der Waals surface area (Å²) < 4.78 is 16.4. The van der Waals surface area contributed by atoms with Gasteiger partial charge in [0.2, 0.25) is 0 Å². The molecule has 0 bridgehead atoms. The van der Waals surface area contributed by atoms with Crippen molar-refractivity contribution >= 4 is 16.9 Å². The third-order valence-electron chi connectivity index (χ3n) is 3.83. The van der Waals surface area contributed by atoms with Crippen molar-refractivity contribution in [1.82, 2.24) is 9.55 Å². The first kappa shape index (κ1) is 16.5. The number of hydrogen-bond donors (Lipinski definition) is 0. The highest BCUT2D eigenvalue weighted by molar-refractivity contribution is 5.94. The van der Waals surface area contributed by atoms with Crippen LogP contribution in [0.25, 0.3) is 16.6 Å². The Bertz CT molecular complexity index is 1010. The first-order valence-corrected chi connectivity index (χ1v) is 7.41. The van der Waals surface area contributed by atoms with E-state index in [9.17, 15) is 9.59 Å². The molecule has 0 amide bonds. The number of carbonyl (C=O) groups is 1. The normalized spacial score (nSPS) is 10.5. The lowest BCUT2D eigenvalue weighted by molar-refractivity contribution is 0.0600. The van der Waals surface area contributed by atoms with E-state index in [1.54, 1.807) is 30.3 Å². The number of nitrogens with zero attached hydrogens (tertiary/aromatic N) is 2. The highest BCUT2D eigenvalue weighted by atomic mass is 16.5. The average Bonchev–Trinajstić information content (AvgIpc) is 2.67. The van der Waals surface area contributed by atoms with Crippen molar-refractivity contribution in [3.05, 3.63) is 58.6 Å².